The van der Waals surface area contributed by atoms with Crippen LogP contribution in [-0.2, 0) is 0 Å². The first-order chi connectivity index (χ1) is 7.09. The molecule has 0 saturated heterocycles. The van der Waals surface area contributed by atoms with Crippen LogP contribution in [0.2, 0.25) is 0 Å². The van der Waals surface area contributed by atoms with E-state index in [0.717, 1.165) is 0 Å². The van der Waals surface area contributed by atoms with Crippen molar-refractivity contribution in [2.45, 2.75) is 22.1 Å². The summed E-state index contributed by atoms with van der Waals surface area (Å²) in [5.41, 5.74) is -7.63. The van der Waals surface area contributed by atoms with Crippen LogP contribution in [0.4, 0.5) is 26.3 Å². The third-order valence-electron chi connectivity index (χ3n) is 2.74. The van der Waals surface area contributed by atoms with Crippen LogP contribution in [0, 0.1) is 0 Å². The molecule has 90 valence electrons. The van der Waals surface area contributed by atoms with Gasteiger partial charge >= 0.3 is 0 Å². The van der Waals surface area contributed by atoms with Crippen molar-refractivity contribution in [2.24, 2.45) is 0 Å². The SMILES string of the molecule is FC1=C(F)[C@@]2(F)CC(Cl)(Cl)[C@@]2(F)C(F)=C1F. The van der Waals surface area contributed by atoms with E-state index in [0.29, 0.717) is 0 Å². The maximum Gasteiger partial charge on any atom is 0.237 e. The van der Waals surface area contributed by atoms with E-state index in [1.807, 2.05) is 0 Å². The number of hydrogen-bond donors (Lipinski definition) is 0. The summed E-state index contributed by atoms with van der Waals surface area (Å²) >= 11 is 10.4. The Balaban J connectivity index is 2.70. The molecule has 2 aliphatic carbocycles. The van der Waals surface area contributed by atoms with E-state index in [-0.39, 0.29) is 0 Å². The molecule has 0 radical (unpaired) electrons. The number of alkyl halides is 4. The summed E-state index contributed by atoms with van der Waals surface area (Å²) in [6, 6.07) is 0. The lowest BCUT2D eigenvalue weighted by Crippen LogP contribution is -2.72. The molecule has 0 aromatic heterocycles. The predicted molar refractivity (Wildman–Crippen MR) is 45.2 cm³/mol. The monoisotopic (exact) mass is 282 g/mol. The first-order valence-electron chi connectivity index (χ1n) is 3.97. The molecule has 16 heavy (non-hydrogen) atoms. The Hall–Kier alpha value is -0.360. The van der Waals surface area contributed by atoms with Gasteiger partial charge in [0.05, 0.1) is 0 Å². The highest BCUT2D eigenvalue weighted by Gasteiger charge is 2.83. The summed E-state index contributed by atoms with van der Waals surface area (Å²) in [7, 11) is 0. The van der Waals surface area contributed by atoms with Crippen LogP contribution >= 0.6 is 23.2 Å². The fourth-order valence-electron chi connectivity index (χ4n) is 1.81. The Labute approximate surface area is 95.5 Å². The fourth-order valence-corrected chi connectivity index (χ4v) is 2.65. The first-order valence-corrected chi connectivity index (χ1v) is 4.72. The van der Waals surface area contributed by atoms with Crippen LogP contribution in [0.3, 0.4) is 0 Å². The Bertz CT molecular complexity index is 442. The maximum atomic E-state index is 13.8. The number of fused-ring (bicyclic) bond motifs is 1. The third kappa shape index (κ3) is 0.960. The quantitative estimate of drug-likeness (QED) is 0.459. The molecule has 2 atom stereocenters. The van der Waals surface area contributed by atoms with Crippen molar-refractivity contribution in [2.75, 3.05) is 0 Å². The van der Waals surface area contributed by atoms with Crippen molar-refractivity contribution in [3.63, 3.8) is 0 Å². The number of allylic oxidation sites excluding steroid dienone is 4. The molecule has 0 bridgehead atoms. The molecule has 0 aliphatic heterocycles. The topological polar surface area (TPSA) is 0 Å². The van der Waals surface area contributed by atoms with Crippen molar-refractivity contribution in [3.8, 4) is 0 Å². The van der Waals surface area contributed by atoms with Gasteiger partial charge in [-0.15, -0.1) is 0 Å². The number of halogens is 8. The molecular formula is C8H2Cl2F6. The Morgan fingerprint density at radius 1 is 0.875 bits per heavy atom. The molecule has 0 unspecified atom stereocenters. The van der Waals surface area contributed by atoms with E-state index in [1.165, 1.54) is 0 Å². The zero-order valence-corrected chi connectivity index (χ0v) is 8.74. The maximum absolute atomic E-state index is 13.8. The molecule has 2 aliphatic rings. The van der Waals surface area contributed by atoms with Crippen LogP contribution < -0.4 is 0 Å². The van der Waals surface area contributed by atoms with Gasteiger partial charge in [-0.2, -0.15) is 0 Å². The minimum Gasteiger partial charge on any atom is -0.232 e. The van der Waals surface area contributed by atoms with Gasteiger partial charge in [0.15, 0.2) is 27.6 Å². The highest BCUT2D eigenvalue weighted by atomic mass is 35.5. The van der Waals surface area contributed by atoms with Gasteiger partial charge in [0.25, 0.3) is 0 Å². The normalized spacial score (nSPS) is 42.0. The van der Waals surface area contributed by atoms with Crippen molar-refractivity contribution in [1.29, 1.82) is 0 Å². The third-order valence-corrected chi connectivity index (χ3v) is 3.53. The van der Waals surface area contributed by atoms with Gasteiger partial charge in [-0.1, -0.05) is 23.2 Å². The molecule has 1 fully saturated rings. The van der Waals surface area contributed by atoms with Gasteiger partial charge in [-0.05, 0) is 0 Å². The molecule has 0 heterocycles. The Morgan fingerprint density at radius 3 is 1.75 bits per heavy atom. The van der Waals surface area contributed by atoms with Gasteiger partial charge in [-0.25, -0.2) is 26.3 Å². The van der Waals surface area contributed by atoms with Gasteiger partial charge in [0, 0.05) is 6.42 Å². The van der Waals surface area contributed by atoms with E-state index >= 15 is 0 Å². The molecule has 0 amide bonds. The van der Waals surface area contributed by atoms with E-state index in [9.17, 15) is 26.3 Å². The second kappa shape index (κ2) is 2.90. The van der Waals surface area contributed by atoms with Crippen molar-refractivity contribution in [1.82, 2.24) is 0 Å². The average molecular weight is 283 g/mol. The molecule has 0 spiro atoms. The minimum atomic E-state index is -3.94. The van der Waals surface area contributed by atoms with Crippen molar-refractivity contribution < 1.29 is 26.3 Å². The highest BCUT2D eigenvalue weighted by molar-refractivity contribution is 6.50. The number of rotatable bonds is 0. The summed E-state index contributed by atoms with van der Waals surface area (Å²) in [6.45, 7) is 0. The van der Waals surface area contributed by atoms with E-state index in [4.69, 9.17) is 23.2 Å². The van der Waals surface area contributed by atoms with Crippen LogP contribution in [0.5, 0.6) is 0 Å². The molecule has 0 N–H and O–H groups in total. The summed E-state index contributed by atoms with van der Waals surface area (Å²) in [6.07, 6.45) is -1.21. The largest absolute Gasteiger partial charge is 0.237 e. The summed E-state index contributed by atoms with van der Waals surface area (Å²) in [5, 5.41) is 0. The molecule has 1 saturated carbocycles. The summed E-state index contributed by atoms with van der Waals surface area (Å²) < 4.78 is 76.3. The van der Waals surface area contributed by atoms with Crippen LogP contribution in [0.25, 0.3) is 0 Å². The minimum absolute atomic E-state index is 1.21. The van der Waals surface area contributed by atoms with Gasteiger partial charge in [-0.3, -0.25) is 0 Å². The van der Waals surface area contributed by atoms with Crippen LogP contribution in [-0.4, -0.2) is 15.7 Å². The van der Waals surface area contributed by atoms with E-state index < -0.39 is 45.4 Å². The predicted octanol–water partition coefficient (Wildman–Crippen LogP) is 4.30. The fraction of sp³-hybridized carbons (Fsp3) is 0.500. The van der Waals surface area contributed by atoms with Crippen molar-refractivity contribution >= 4 is 23.2 Å². The smallest absolute Gasteiger partial charge is 0.232 e. The molecule has 0 aromatic carbocycles. The Kier molecular flexibility index (Phi) is 2.20. The molecule has 8 heteroatoms. The van der Waals surface area contributed by atoms with Crippen molar-refractivity contribution in [3.05, 3.63) is 23.3 Å². The zero-order chi connectivity index (χ0) is 12.5. The second-order valence-corrected chi connectivity index (χ2v) is 5.08. The molecule has 0 nitrogen and oxygen atoms in total. The zero-order valence-electron chi connectivity index (χ0n) is 7.23. The summed E-state index contributed by atoms with van der Waals surface area (Å²) in [4.78, 5) is 0. The second-order valence-electron chi connectivity index (χ2n) is 3.60. The lowest BCUT2D eigenvalue weighted by Gasteiger charge is -2.55. The number of hydrogen-bond acceptors (Lipinski definition) is 0. The first kappa shape index (κ1) is 12.1. The highest BCUT2D eigenvalue weighted by Crippen LogP contribution is 2.70. The molecular weight excluding hydrogens is 281 g/mol. The lowest BCUT2D eigenvalue weighted by atomic mass is 9.63. The van der Waals surface area contributed by atoms with Gasteiger partial charge in [0.1, 0.15) is 0 Å². The van der Waals surface area contributed by atoms with Gasteiger partial charge < -0.3 is 0 Å². The average Bonchev–Trinajstić information content (AvgIpc) is 2.21. The van der Waals surface area contributed by atoms with Gasteiger partial charge in [0.2, 0.25) is 11.3 Å². The van der Waals surface area contributed by atoms with E-state index in [1.54, 1.807) is 0 Å². The van der Waals surface area contributed by atoms with Crippen LogP contribution in [0.1, 0.15) is 6.42 Å². The lowest BCUT2D eigenvalue weighted by molar-refractivity contribution is -0.116. The van der Waals surface area contributed by atoms with E-state index in [2.05, 4.69) is 0 Å². The standard InChI is InChI=1S/C8H2Cl2F6/c9-7(10)1-6(15)4(13)2(11)3(12)5(14)8(6,7)16/h1H2/t6-,8+/m0/s1. The summed E-state index contributed by atoms with van der Waals surface area (Å²) in [5.74, 6) is -9.70. The molecule has 0 aromatic rings. The Morgan fingerprint density at radius 2 is 1.31 bits per heavy atom. The van der Waals surface area contributed by atoms with Crippen LogP contribution in [0.15, 0.2) is 23.3 Å². The molecule has 2 rings (SSSR count).